The molecule has 0 aromatic heterocycles. The van der Waals surface area contributed by atoms with Crippen LogP contribution in [0.3, 0.4) is 0 Å². The summed E-state index contributed by atoms with van der Waals surface area (Å²) < 4.78 is 41.0. The molecule has 0 atom stereocenters. The number of rotatable bonds is 7. The summed E-state index contributed by atoms with van der Waals surface area (Å²) in [6.07, 6.45) is 15.2. The van der Waals surface area contributed by atoms with E-state index in [4.69, 9.17) is 0 Å². The number of hydrogen-bond acceptors (Lipinski definition) is 0. The molecule has 3 rings (SSSR count). The highest BCUT2D eigenvalue weighted by Gasteiger charge is 2.27. The van der Waals surface area contributed by atoms with Crippen molar-refractivity contribution in [1.82, 2.24) is 0 Å². The number of alkyl halides is 2. The normalized spacial score (nSPS) is 28.3. The Hall–Kier alpha value is -1.25. The molecule has 0 nitrogen and oxygen atoms in total. The second-order valence-corrected chi connectivity index (χ2v) is 9.41. The molecule has 1 aromatic rings. The van der Waals surface area contributed by atoms with Crippen molar-refractivity contribution >= 4 is 0 Å². The van der Waals surface area contributed by atoms with E-state index in [1.54, 1.807) is 19.1 Å². The third-order valence-electron chi connectivity index (χ3n) is 7.55. The highest BCUT2D eigenvalue weighted by molar-refractivity contribution is 5.36. The third-order valence-corrected chi connectivity index (χ3v) is 7.55. The van der Waals surface area contributed by atoms with Crippen molar-refractivity contribution in [2.75, 3.05) is 0 Å². The molecule has 0 N–H and O–H groups in total. The van der Waals surface area contributed by atoms with Gasteiger partial charge in [0.1, 0.15) is 5.82 Å². The Kier molecular flexibility index (Phi) is 8.26. The van der Waals surface area contributed by atoms with Crippen molar-refractivity contribution in [1.29, 1.82) is 0 Å². The Morgan fingerprint density at radius 1 is 0.966 bits per heavy atom. The first kappa shape index (κ1) is 22.4. The second-order valence-electron chi connectivity index (χ2n) is 9.41. The zero-order valence-corrected chi connectivity index (χ0v) is 18.1. The van der Waals surface area contributed by atoms with Crippen molar-refractivity contribution in [2.45, 2.75) is 96.8 Å². The van der Waals surface area contributed by atoms with Gasteiger partial charge in [-0.15, -0.1) is 0 Å². The maximum Gasteiger partial charge on any atom is 0.266 e. The summed E-state index contributed by atoms with van der Waals surface area (Å²) in [4.78, 5) is 0. The second kappa shape index (κ2) is 10.7. The molecular weight excluding hydrogens is 369 g/mol. The Morgan fingerprint density at radius 2 is 1.62 bits per heavy atom. The van der Waals surface area contributed by atoms with Crippen LogP contribution in [-0.2, 0) is 0 Å². The minimum Gasteiger partial charge on any atom is -0.206 e. The molecular formula is C26H37F3. The maximum atomic E-state index is 14.6. The van der Waals surface area contributed by atoms with E-state index in [-0.39, 0.29) is 5.92 Å². The molecule has 29 heavy (non-hydrogen) atoms. The van der Waals surface area contributed by atoms with Gasteiger partial charge < -0.3 is 0 Å². The van der Waals surface area contributed by atoms with Gasteiger partial charge in [0.15, 0.2) is 0 Å². The minimum atomic E-state index is -2.74. The van der Waals surface area contributed by atoms with Crippen molar-refractivity contribution < 1.29 is 13.2 Å². The summed E-state index contributed by atoms with van der Waals surface area (Å²) in [5, 5.41) is 0. The van der Waals surface area contributed by atoms with E-state index in [2.05, 4.69) is 19.1 Å². The molecule has 2 aliphatic carbocycles. The Bertz CT molecular complexity index is 663. The van der Waals surface area contributed by atoms with Crippen LogP contribution in [0.15, 0.2) is 24.3 Å². The van der Waals surface area contributed by atoms with Gasteiger partial charge in [-0.25, -0.2) is 13.2 Å². The fourth-order valence-corrected chi connectivity index (χ4v) is 5.46. The zero-order valence-electron chi connectivity index (χ0n) is 18.1. The van der Waals surface area contributed by atoms with E-state index in [1.807, 2.05) is 0 Å². The lowest BCUT2D eigenvalue weighted by Gasteiger charge is -2.29. The van der Waals surface area contributed by atoms with Gasteiger partial charge in [-0.3, -0.25) is 0 Å². The molecule has 0 heterocycles. The summed E-state index contributed by atoms with van der Waals surface area (Å²) in [5.74, 6) is 1.85. The number of halogens is 3. The van der Waals surface area contributed by atoms with Gasteiger partial charge in [-0.05, 0) is 106 Å². The summed E-state index contributed by atoms with van der Waals surface area (Å²) in [6.45, 7) is 3.87. The Balaban J connectivity index is 1.43. The fraction of sp³-hybridized carbons (Fsp3) is 0.692. The quantitative estimate of drug-likeness (QED) is 0.397. The molecule has 0 spiro atoms. The summed E-state index contributed by atoms with van der Waals surface area (Å²) >= 11 is 0. The van der Waals surface area contributed by atoms with Crippen LogP contribution in [0.2, 0.25) is 0 Å². The predicted molar refractivity (Wildman–Crippen MR) is 115 cm³/mol. The molecule has 0 bridgehead atoms. The molecule has 0 amide bonds. The van der Waals surface area contributed by atoms with Crippen LogP contribution < -0.4 is 0 Å². The molecule has 2 saturated carbocycles. The average molecular weight is 407 g/mol. The van der Waals surface area contributed by atoms with Crippen LogP contribution in [0.5, 0.6) is 0 Å². The van der Waals surface area contributed by atoms with Crippen LogP contribution >= 0.6 is 0 Å². The first-order valence-corrected chi connectivity index (χ1v) is 11.7. The summed E-state index contributed by atoms with van der Waals surface area (Å²) in [6, 6.07) is 3.39. The molecule has 162 valence electrons. The van der Waals surface area contributed by atoms with Crippen molar-refractivity contribution in [2.24, 2.45) is 17.8 Å². The zero-order chi connectivity index (χ0) is 20.8. The van der Waals surface area contributed by atoms with Gasteiger partial charge >= 0.3 is 0 Å². The number of benzene rings is 1. The van der Waals surface area contributed by atoms with Crippen molar-refractivity contribution in [3.05, 3.63) is 46.8 Å². The largest absolute Gasteiger partial charge is 0.266 e. The van der Waals surface area contributed by atoms with Crippen molar-refractivity contribution in [3.63, 3.8) is 0 Å². The van der Waals surface area contributed by atoms with Crippen LogP contribution in [0.25, 0.3) is 0 Å². The summed E-state index contributed by atoms with van der Waals surface area (Å²) in [7, 11) is 0. The van der Waals surface area contributed by atoms with Gasteiger partial charge in [0, 0.05) is 0 Å². The van der Waals surface area contributed by atoms with E-state index < -0.39 is 17.8 Å². The first-order valence-electron chi connectivity index (χ1n) is 11.7. The molecule has 0 unspecified atom stereocenters. The highest BCUT2D eigenvalue weighted by Crippen LogP contribution is 2.40. The topological polar surface area (TPSA) is 0 Å². The van der Waals surface area contributed by atoms with Crippen LogP contribution in [-0.4, -0.2) is 0 Å². The fourth-order valence-electron chi connectivity index (χ4n) is 5.46. The molecule has 1 aromatic carbocycles. The molecule has 0 aliphatic heterocycles. The van der Waals surface area contributed by atoms with Crippen LogP contribution in [0, 0.1) is 30.5 Å². The number of hydrogen-bond donors (Lipinski definition) is 0. The molecule has 0 saturated heterocycles. The lowest BCUT2D eigenvalue weighted by atomic mass is 9.76. The smallest absolute Gasteiger partial charge is 0.206 e. The van der Waals surface area contributed by atoms with Gasteiger partial charge in [0.05, 0.1) is 5.56 Å². The Labute approximate surface area is 175 Å². The van der Waals surface area contributed by atoms with Gasteiger partial charge in [-0.1, -0.05) is 37.6 Å². The van der Waals surface area contributed by atoms with E-state index in [9.17, 15) is 13.2 Å². The monoisotopic (exact) mass is 406 g/mol. The predicted octanol–water partition coefficient (Wildman–Crippen LogP) is 8.90. The van der Waals surface area contributed by atoms with Gasteiger partial charge in [0.2, 0.25) is 0 Å². The van der Waals surface area contributed by atoms with E-state index >= 15 is 0 Å². The Morgan fingerprint density at radius 3 is 2.24 bits per heavy atom. The van der Waals surface area contributed by atoms with Gasteiger partial charge in [0.25, 0.3) is 6.43 Å². The van der Waals surface area contributed by atoms with E-state index in [0.29, 0.717) is 17.0 Å². The average Bonchev–Trinajstić information content (AvgIpc) is 2.72. The third kappa shape index (κ3) is 5.89. The molecule has 3 heteroatoms. The highest BCUT2D eigenvalue weighted by atomic mass is 19.3. The minimum absolute atomic E-state index is 0.0913. The van der Waals surface area contributed by atoms with E-state index in [0.717, 1.165) is 43.9 Å². The van der Waals surface area contributed by atoms with Crippen LogP contribution in [0.1, 0.15) is 107 Å². The SMILES string of the molecule is CCC1CCC(/C=C/CCC2CCC(c3ccc(C)c(C(F)F)c3F)CC2)CC1. The van der Waals surface area contributed by atoms with E-state index in [1.165, 1.54) is 38.5 Å². The lowest BCUT2D eigenvalue weighted by Crippen LogP contribution is -2.15. The van der Waals surface area contributed by atoms with Crippen LogP contribution in [0.4, 0.5) is 13.2 Å². The summed E-state index contributed by atoms with van der Waals surface area (Å²) in [5.41, 5.74) is 0.458. The first-order chi connectivity index (χ1) is 14.0. The lowest BCUT2D eigenvalue weighted by molar-refractivity contribution is 0.145. The standard InChI is InChI=1S/C26H37F3/c1-3-19-9-11-20(12-10-19)6-4-5-7-21-13-15-22(16-14-21)23-17-8-18(2)24(25(23)27)26(28)29/h4,6,8,17,19-22,26H,3,5,7,9-16H2,1-2H3/b6-4+. The number of aryl methyl sites for hydroxylation is 1. The van der Waals surface area contributed by atoms with Gasteiger partial charge in [-0.2, -0.15) is 0 Å². The maximum absolute atomic E-state index is 14.6. The molecule has 2 aliphatic rings. The van der Waals surface area contributed by atoms with Crippen molar-refractivity contribution in [3.8, 4) is 0 Å². The molecule has 2 fully saturated rings. The molecule has 0 radical (unpaired) electrons. The number of allylic oxidation sites excluding steroid dienone is 2.